The first-order chi connectivity index (χ1) is 7.63. The largest absolute Gasteiger partial charge is 0.466 e. The number of hydrogen-bond donors (Lipinski definition) is 0. The van der Waals surface area contributed by atoms with E-state index in [0.717, 1.165) is 12.0 Å². The summed E-state index contributed by atoms with van der Waals surface area (Å²) in [6, 6.07) is 0. The van der Waals surface area contributed by atoms with Crippen LogP contribution in [-0.2, 0) is 19.1 Å². The minimum Gasteiger partial charge on any atom is -0.466 e. The summed E-state index contributed by atoms with van der Waals surface area (Å²) in [6.45, 7) is 1.92. The molecule has 0 saturated heterocycles. The van der Waals surface area contributed by atoms with Gasteiger partial charge in [-0.3, -0.25) is 0 Å². The highest BCUT2D eigenvalue weighted by Crippen LogP contribution is 2.30. The van der Waals surface area contributed by atoms with Crippen LogP contribution in [0, 0.1) is 0 Å². The first kappa shape index (κ1) is 12.5. The maximum absolute atomic E-state index is 11.5. The number of carbonyl (C=O) groups excluding carboxylic acids is 2. The molecule has 0 aromatic heterocycles. The number of hydrogen-bond acceptors (Lipinski definition) is 4. The van der Waals surface area contributed by atoms with E-state index in [-0.39, 0.29) is 0 Å². The van der Waals surface area contributed by atoms with Crippen molar-refractivity contribution in [3.05, 3.63) is 22.8 Å². The van der Waals surface area contributed by atoms with Gasteiger partial charge in [-0.2, -0.15) is 0 Å². The Hall–Kier alpha value is -1.58. The van der Waals surface area contributed by atoms with Crippen LogP contribution in [0.1, 0.15) is 26.2 Å². The van der Waals surface area contributed by atoms with E-state index in [1.165, 1.54) is 14.2 Å². The Balaban J connectivity index is 3.08. The summed E-state index contributed by atoms with van der Waals surface area (Å²) in [5.74, 6) is -0.880. The third-order valence-corrected chi connectivity index (χ3v) is 2.74. The molecule has 0 aromatic rings. The third-order valence-electron chi connectivity index (χ3n) is 2.74. The van der Waals surface area contributed by atoms with Gasteiger partial charge < -0.3 is 9.47 Å². The standard InChI is InChI=1S/C12H16O4/c1-4-8-5-6-9(11(13)15-2)10(7-8)12(14)16-3/h4H,5-7H2,1-3H3. The van der Waals surface area contributed by atoms with Gasteiger partial charge >= 0.3 is 11.9 Å². The number of rotatable bonds is 2. The minimum atomic E-state index is -0.445. The molecule has 0 amide bonds. The van der Waals surface area contributed by atoms with Crippen LogP contribution >= 0.6 is 0 Å². The Morgan fingerprint density at radius 1 is 1.06 bits per heavy atom. The van der Waals surface area contributed by atoms with Crippen LogP contribution in [0.4, 0.5) is 0 Å². The molecule has 0 unspecified atom stereocenters. The van der Waals surface area contributed by atoms with Crippen molar-refractivity contribution in [3.8, 4) is 0 Å². The zero-order chi connectivity index (χ0) is 12.1. The summed E-state index contributed by atoms with van der Waals surface area (Å²) in [5.41, 5.74) is 2.02. The van der Waals surface area contributed by atoms with Crippen molar-refractivity contribution in [3.63, 3.8) is 0 Å². The Labute approximate surface area is 94.9 Å². The van der Waals surface area contributed by atoms with Crippen LogP contribution in [0.15, 0.2) is 22.8 Å². The molecular weight excluding hydrogens is 208 g/mol. The van der Waals surface area contributed by atoms with Crippen LogP contribution in [0.25, 0.3) is 0 Å². The average Bonchev–Trinajstić information content (AvgIpc) is 2.36. The van der Waals surface area contributed by atoms with Crippen molar-refractivity contribution >= 4 is 11.9 Å². The van der Waals surface area contributed by atoms with E-state index in [1.807, 2.05) is 13.0 Å². The molecular formula is C12H16O4. The van der Waals surface area contributed by atoms with Gasteiger partial charge in [-0.25, -0.2) is 9.59 Å². The summed E-state index contributed by atoms with van der Waals surface area (Å²) in [7, 11) is 2.63. The predicted octanol–water partition coefficient (Wildman–Crippen LogP) is 1.76. The molecule has 0 aliphatic heterocycles. The monoisotopic (exact) mass is 224 g/mol. The number of esters is 2. The lowest BCUT2D eigenvalue weighted by molar-refractivity contribution is -0.139. The molecule has 1 aliphatic carbocycles. The molecule has 88 valence electrons. The van der Waals surface area contributed by atoms with E-state index in [0.29, 0.717) is 24.0 Å². The Morgan fingerprint density at radius 3 is 2.12 bits per heavy atom. The minimum absolute atomic E-state index is 0.425. The predicted molar refractivity (Wildman–Crippen MR) is 58.7 cm³/mol. The second-order valence-corrected chi connectivity index (χ2v) is 3.56. The molecule has 0 fully saturated rings. The van der Waals surface area contributed by atoms with Crippen molar-refractivity contribution in [1.29, 1.82) is 0 Å². The second-order valence-electron chi connectivity index (χ2n) is 3.56. The maximum atomic E-state index is 11.5. The van der Waals surface area contributed by atoms with Crippen molar-refractivity contribution in [1.82, 2.24) is 0 Å². The van der Waals surface area contributed by atoms with Gasteiger partial charge in [0.1, 0.15) is 0 Å². The molecule has 0 saturated carbocycles. The highest BCUT2D eigenvalue weighted by atomic mass is 16.5. The molecule has 4 heteroatoms. The van der Waals surface area contributed by atoms with Crippen molar-refractivity contribution in [2.75, 3.05) is 14.2 Å². The Kier molecular flexibility index (Phi) is 4.28. The van der Waals surface area contributed by atoms with Gasteiger partial charge in [0.05, 0.1) is 19.8 Å². The van der Waals surface area contributed by atoms with Crippen molar-refractivity contribution in [2.24, 2.45) is 0 Å². The summed E-state index contributed by atoms with van der Waals surface area (Å²) < 4.78 is 9.34. The maximum Gasteiger partial charge on any atom is 0.334 e. The summed E-state index contributed by atoms with van der Waals surface area (Å²) in [6.07, 6.45) is 3.78. The lowest BCUT2D eigenvalue weighted by Crippen LogP contribution is -2.18. The van der Waals surface area contributed by atoms with Crippen LogP contribution in [-0.4, -0.2) is 26.2 Å². The van der Waals surface area contributed by atoms with E-state index >= 15 is 0 Å². The van der Waals surface area contributed by atoms with Crippen LogP contribution in [0.2, 0.25) is 0 Å². The fraction of sp³-hybridized carbons (Fsp3) is 0.500. The van der Waals surface area contributed by atoms with Crippen LogP contribution in [0.5, 0.6) is 0 Å². The highest BCUT2D eigenvalue weighted by molar-refractivity contribution is 6.01. The number of ether oxygens (including phenoxy) is 2. The molecule has 16 heavy (non-hydrogen) atoms. The van der Waals surface area contributed by atoms with Gasteiger partial charge in [-0.05, 0) is 19.8 Å². The van der Waals surface area contributed by atoms with E-state index < -0.39 is 11.9 Å². The van der Waals surface area contributed by atoms with Gasteiger partial charge in [0.15, 0.2) is 0 Å². The van der Waals surface area contributed by atoms with E-state index in [1.54, 1.807) is 0 Å². The molecule has 0 spiro atoms. The van der Waals surface area contributed by atoms with Crippen molar-refractivity contribution < 1.29 is 19.1 Å². The van der Waals surface area contributed by atoms with Gasteiger partial charge in [0.25, 0.3) is 0 Å². The van der Waals surface area contributed by atoms with Gasteiger partial charge in [0, 0.05) is 12.0 Å². The third kappa shape index (κ3) is 2.51. The zero-order valence-corrected chi connectivity index (χ0v) is 9.83. The molecule has 1 rings (SSSR count). The van der Waals surface area contributed by atoms with Gasteiger partial charge in [-0.1, -0.05) is 11.6 Å². The molecule has 0 heterocycles. The average molecular weight is 224 g/mol. The first-order valence-electron chi connectivity index (χ1n) is 5.16. The molecule has 0 aromatic carbocycles. The number of methoxy groups -OCH3 is 2. The molecule has 0 N–H and O–H groups in total. The SMILES string of the molecule is CC=C1CCC(C(=O)OC)=C(C(=O)OC)C1. The Morgan fingerprint density at radius 2 is 1.62 bits per heavy atom. The lowest BCUT2D eigenvalue weighted by Gasteiger charge is -2.19. The van der Waals surface area contributed by atoms with Crippen LogP contribution < -0.4 is 0 Å². The summed E-state index contributed by atoms with van der Waals surface area (Å²) in [4.78, 5) is 23.0. The van der Waals surface area contributed by atoms with Gasteiger partial charge in [-0.15, -0.1) is 0 Å². The second kappa shape index (κ2) is 5.49. The zero-order valence-electron chi connectivity index (χ0n) is 9.83. The molecule has 1 aliphatic rings. The summed E-state index contributed by atoms with van der Waals surface area (Å²) >= 11 is 0. The lowest BCUT2D eigenvalue weighted by atomic mass is 9.88. The highest BCUT2D eigenvalue weighted by Gasteiger charge is 2.26. The van der Waals surface area contributed by atoms with E-state index in [4.69, 9.17) is 0 Å². The van der Waals surface area contributed by atoms with E-state index in [9.17, 15) is 9.59 Å². The van der Waals surface area contributed by atoms with Crippen molar-refractivity contribution in [2.45, 2.75) is 26.2 Å². The smallest absolute Gasteiger partial charge is 0.334 e. The molecule has 0 bridgehead atoms. The fourth-order valence-corrected chi connectivity index (χ4v) is 1.77. The molecule has 4 nitrogen and oxygen atoms in total. The Bertz CT molecular complexity index is 363. The topological polar surface area (TPSA) is 52.6 Å². The fourth-order valence-electron chi connectivity index (χ4n) is 1.77. The van der Waals surface area contributed by atoms with E-state index in [2.05, 4.69) is 9.47 Å². The number of carbonyl (C=O) groups is 2. The molecule has 0 atom stereocenters. The van der Waals surface area contributed by atoms with Gasteiger partial charge in [0.2, 0.25) is 0 Å². The van der Waals surface area contributed by atoms with Crippen LogP contribution in [0.3, 0.4) is 0 Å². The number of allylic oxidation sites excluding steroid dienone is 2. The quantitative estimate of drug-likeness (QED) is 0.529. The molecule has 0 radical (unpaired) electrons. The normalized spacial score (nSPS) is 18.6. The summed E-state index contributed by atoms with van der Waals surface area (Å²) in [5, 5.41) is 0. The first-order valence-corrected chi connectivity index (χ1v) is 5.16.